The summed E-state index contributed by atoms with van der Waals surface area (Å²) in [5.74, 6) is 0. The Morgan fingerprint density at radius 3 is 2.61 bits per heavy atom. The Labute approximate surface area is 113 Å². The van der Waals surface area contributed by atoms with Crippen LogP contribution in [0, 0.1) is 0 Å². The summed E-state index contributed by atoms with van der Waals surface area (Å²) in [5, 5.41) is 1.96. The van der Waals surface area contributed by atoms with Gasteiger partial charge in [-0.1, -0.05) is 30.0 Å². The first-order valence-corrected chi connectivity index (χ1v) is 6.53. The Balaban J connectivity index is 2.11. The average molecular weight is 274 g/mol. The minimum Gasteiger partial charge on any atom is -0.236 e. The maximum atomic E-state index is 5.91. The lowest BCUT2D eigenvalue weighted by Gasteiger charge is -2.04. The Bertz CT molecular complexity index is 688. The van der Waals surface area contributed by atoms with Crippen LogP contribution in [0.25, 0.3) is 11.0 Å². The average Bonchev–Trinajstić information content (AvgIpc) is 2.40. The number of hydrogen-bond donors (Lipinski definition) is 0. The van der Waals surface area contributed by atoms with Gasteiger partial charge in [0.15, 0.2) is 5.65 Å². The van der Waals surface area contributed by atoms with Crippen molar-refractivity contribution in [3.05, 3.63) is 53.9 Å². The van der Waals surface area contributed by atoms with Crippen LogP contribution in [0.2, 0.25) is 5.28 Å². The summed E-state index contributed by atoms with van der Waals surface area (Å²) in [4.78, 5) is 13.7. The molecule has 3 rings (SSSR count). The highest BCUT2D eigenvalue weighted by Crippen LogP contribution is 2.31. The molecule has 2 aromatic heterocycles. The summed E-state index contributed by atoms with van der Waals surface area (Å²) >= 11 is 7.47. The van der Waals surface area contributed by atoms with Crippen molar-refractivity contribution in [1.82, 2.24) is 15.0 Å². The van der Waals surface area contributed by atoms with E-state index in [-0.39, 0.29) is 5.28 Å². The molecular formula is C13H8ClN3S. The molecule has 18 heavy (non-hydrogen) atoms. The Hall–Kier alpha value is -1.65. The number of rotatable bonds is 2. The predicted molar refractivity (Wildman–Crippen MR) is 72.9 cm³/mol. The second kappa shape index (κ2) is 4.92. The number of hydrogen-bond acceptors (Lipinski definition) is 4. The van der Waals surface area contributed by atoms with Crippen LogP contribution in [0.5, 0.6) is 0 Å². The van der Waals surface area contributed by atoms with Gasteiger partial charge >= 0.3 is 0 Å². The zero-order chi connectivity index (χ0) is 12.4. The molecule has 0 atom stereocenters. The molecule has 3 nitrogen and oxygen atoms in total. The Kier molecular flexibility index (Phi) is 3.13. The van der Waals surface area contributed by atoms with Crippen molar-refractivity contribution in [2.24, 2.45) is 0 Å². The summed E-state index contributed by atoms with van der Waals surface area (Å²) < 4.78 is 0. The van der Waals surface area contributed by atoms with E-state index < -0.39 is 0 Å². The predicted octanol–water partition coefficient (Wildman–Crippen LogP) is 3.83. The lowest BCUT2D eigenvalue weighted by atomic mass is 10.3. The molecule has 0 aliphatic rings. The molecule has 0 saturated carbocycles. The van der Waals surface area contributed by atoms with Gasteiger partial charge in [0.05, 0.1) is 5.39 Å². The first-order chi connectivity index (χ1) is 8.83. The highest BCUT2D eigenvalue weighted by molar-refractivity contribution is 7.99. The van der Waals surface area contributed by atoms with Gasteiger partial charge in [-0.2, -0.15) is 4.98 Å². The normalized spacial score (nSPS) is 10.7. The number of pyridine rings is 1. The second-order valence-electron chi connectivity index (χ2n) is 3.59. The largest absolute Gasteiger partial charge is 0.236 e. The van der Waals surface area contributed by atoms with E-state index in [2.05, 4.69) is 15.0 Å². The van der Waals surface area contributed by atoms with Gasteiger partial charge in [-0.25, -0.2) is 9.97 Å². The quantitative estimate of drug-likeness (QED) is 0.525. The molecule has 0 spiro atoms. The molecule has 1 aromatic carbocycles. The van der Waals surface area contributed by atoms with Crippen LogP contribution >= 0.6 is 23.4 Å². The van der Waals surface area contributed by atoms with Gasteiger partial charge in [0.1, 0.15) is 5.03 Å². The lowest BCUT2D eigenvalue weighted by molar-refractivity contribution is 1.08. The van der Waals surface area contributed by atoms with Gasteiger partial charge in [-0.3, -0.25) is 0 Å². The fourth-order valence-electron chi connectivity index (χ4n) is 1.59. The maximum absolute atomic E-state index is 5.91. The fourth-order valence-corrected chi connectivity index (χ4v) is 2.72. The van der Waals surface area contributed by atoms with Gasteiger partial charge in [0.2, 0.25) is 5.28 Å². The van der Waals surface area contributed by atoms with Gasteiger partial charge in [-0.15, -0.1) is 0 Å². The third kappa shape index (κ3) is 2.30. The van der Waals surface area contributed by atoms with Gasteiger partial charge in [0.25, 0.3) is 0 Å². The Morgan fingerprint density at radius 1 is 0.944 bits per heavy atom. The number of benzene rings is 1. The van der Waals surface area contributed by atoms with E-state index >= 15 is 0 Å². The van der Waals surface area contributed by atoms with Crippen molar-refractivity contribution in [3.8, 4) is 0 Å². The van der Waals surface area contributed by atoms with Gasteiger partial charge < -0.3 is 0 Å². The zero-order valence-electron chi connectivity index (χ0n) is 9.25. The standard InChI is InChI=1S/C13H8ClN3S/c14-13-16-11-10(7-4-8-15-11)12(17-13)18-9-5-2-1-3-6-9/h1-8H. The topological polar surface area (TPSA) is 38.7 Å². The molecule has 0 amide bonds. The van der Waals surface area contributed by atoms with Crippen LogP contribution in [0.15, 0.2) is 58.6 Å². The van der Waals surface area contributed by atoms with Crippen molar-refractivity contribution in [2.45, 2.75) is 9.92 Å². The van der Waals surface area contributed by atoms with Crippen LogP contribution in [-0.2, 0) is 0 Å². The Morgan fingerprint density at radius 2 is 1.78 bits per heavy atom. The minimum atomic E-state index is 0.222. The molecule has 0 aliphatic heterocycles. The first kappa shape index (κ1) is 11.4. The van der Waals surface area contributed by atoms with Crippen molar-refractivity contribution in [1.29, 1.82) is 0 Å². The third-order valence-electron chi connectivity index (χ3n) is 2.37. The molecule has 0 unspecified atom stereocenters. The molecule has 2 heterocycles. The monoisotopic (exact) mass is 273 g/mol. The van der Waals surface area contributed by atoms with Crippen molar-refractivity contribution in [3.63, 3.8) is 0 Å². The molecule has 5 heteroatoms. The summed E-state index contributed by atoms with van der Waals surface area (Å²) in [6, 6.07) is 13.8. The fraction of sp³-hybridized carbons (Fsp3) is 0. The summed E-state index contributed by atoms with van der Waals surface area (Å²) in [6.45, 7) is 0. The SMILES string of the molecule is Clc1nc(Sc2ccccc2)c2cccnc2n1. The molecule has 88 valence electrons. The van der Waals surface area contributed by atoms with Crippen LogP contribution in [0.3, 0.4) is 0 Å². The van der Waals surface area contributed by atoms with Gasteiger partial charge in [0, 0.05) is 11.1 Å². The highest BCUT2D eigenvalue weighted by Gasteiger charge is 2.08. The summed E-state index contributed by atoms with van der Waals surface area (Å²) in [5.41, 5.74) is 0.621. The van der Waals surface area contributed by atoms with E-state index in [4.69, 9.17) is 11.6 Å². The number of nitrogens with zero attached hydrogens (tertiary/aromatic N) is 3. The van der Waals surface area contributed by atoms with Crippen molar-refractivity contribution >= 4 is 34.4 Å². The van der Waals surface area contributed by atoms with E-state index in [9.17, 15) is 0 Å². The van der Waals surface area contributed by atoms with Crippen LogP contribution in [0.4, 0.5) is 0 Å². The van der Waals surface area contributed by atoms with E-state index in [1.54, 1.807) is 18.0 Å². The first-order valence-electron chi connectivity index (χ1n) is 5.34. The molecular weight excluding hydrogens is 266 g/mol. The van der Waals surface area contributed by atoms with Crippen LogP contribution in [0.1, 0.15) is 0 Å². The molecule has 0 radical (unpaired) electrons. The van der Waals surface area contributed by atoms with Crippen molar-refractivity contribution in [2.75, 3.05) is 0 Å². The van der Waals surface area contributed by atoms with Crippen LogP contribution in [-0.4, -0.2) is 15.0 Å². The molecule has 0 bridgehead atoms. The number of aromatic nitrogens is 3. The maximum Gasteiger partial charge on any atom is 0.225 e. The zero-order valence-corrected chi connectivity index (χ0v) is 10.8. The number of fused-ring (bicyclic) bond motifs is 1. The minimum absolute atomic E-state index is 0.222. The molecule has 3 aromatic rings. The van der Waals surface area contributed by atoms with Gasteiger partial charge in [-0.05, 0) is 35.9 Å². The molecule has 0 N–H and O–H groups in total. The third-order valence-corrected chi connectivity index (χ3v) is 3.55. The smallest absolute Gasteiger partial charge is 0.225 e. The molecule has 0 aliphatic carbocycles. The highest BCUT2D eigenvalue weighted by atomic mass is 35.5. The van der Waals surface area contributed by atoms with E-state index in [1.165, 1.54) is 0 Å². The van der Waals surface area contributed by atoms with E-state index in [0.717, 1.165) is 15.3 Å². The van der Waals surface area contributed by atoms with Crippen molar-refractivity contribution < 1.29 is 0 Å². The number of halogens is 1. The van der Waals surface area contributed by atoms with E-state index in [0.29, 0.717) is 5.65 Å². The summed E-state index contributed by atoms with van der Waals surface area (Å²) in [7, 11) is 0. The second-order valence-corrected chi connectivity index (χ2v) is 4.99. The molecule has 0 fully saturated rings. The summed E-state index contributed by atoms with van der Waals surface area (Å²) in [6.07, 6.45) is 1.70. The van der Waals surface area contributed by atoms with E-state index in [1.807, 2.05) is 42.5 Å². The lowest BCUT2D eigenvalue weighted by Crippen LogP contribution is -1.91. The van der Waals surface area contributed by atoms with Crippen LogP contribution < -0.4 is 0 Å². The molecule has 0 saturated heterocycles.